The number of ether oxygens (including phenoxy) is 2. The van der Waals surface area contributed by atoms with Gasteiger partial charge in [-0.1, -0.05) is 12.1 Å². The fourth-order valence-corrected chi connectivity index (χ4v) is 2.91. The number of benzene rings is 1. The second kappa shape index (κ2) is 5.37. The Morgan fingerprint density at radius 2 is 1.95 bits per heavy atom. The molecule has 0 bridgehead atoms. The molecular weight excluding hydrogens is 272 g/mol. The number of nitrogens with zero attached hydrogens (tertiary/aromatic N) is 1. The van der Waals surface area contributed by atoms with Gasteiger partial charge in [-0.25, -0.2) is 9.69 Å². The van der Waals surface area contributed by atoms with Crippen molar-refractivity contribution < 1.29 is 19.1 Å². The second-order valence-corrected chi connectivity index (χ2v) is 5.36. The maximum atomic E-state index is 12.9. The molecule has 0 atom stereocenters. The van der Waals surface area contributed by atoms with Crippen molar-refractivity contribution in [3.63, 3.8) is 0 Å². The van der Waals surface area contributed by atoms with Gasteiger partial charge in [-0.3, -0.25) is 4.79 Å². The molecular formula is C15H18N2O4. The summed E-state index contributed by atoms with van der Waals surface area (Å²) in [6.07, 6.45) is 1.25. The second-order valence-electron chi connectivity index (χ2n) is 5.36. The minimum atomic E-state index is -0.562. The van der Waals surface area contributed by atoms with Crippen LogP contribution in [0.15, 0.2) is 24.3 Å². The lowest BCUT2D eigenvalue weighted by atomic mass is 9.77. The number of methoxy groups -OCH3 is 1. The van der Waals surface area contributed by atoms with Crippen LogP contribution in [0.3, 0.4) is 0 Å². The topological polar surface area (TPSA) is 67.9 Å². The minimum Gasteiger partial charge on any atom is -0.495 e. The van der Waals surface area contributed by atoms with Gasteiger partial charge in [0.2, 0.25) is 5.91 Å². The predicted octanol–water partition coefficient (Wildman–Crippen LogP) is 1.55. The van der Waals surface area contributed by atoms with E-state index in [-0.39, 0.29) is 5.91 Å². The quantitative estimate of drug-likeness (QED) is 0.897. The Labute approximate surface area is 123 Å². The number of imide groups is 1. The highest BCUT2D eigenvalue weighted by molar-refractivity contribution is 6.18. The summed E-state index contributed by atoms with van der Waals surface area (Å²) in [7, 11) is 1.52. The Bertz CT molecular complexity index is 567. The zero-order valence-corrected chi connectivity index (χ0v) is 11.9. The van der Waals surface area contributed by atoms with Gasteiger partial charge >= 0.3 is 6.03 Å². The number of hydrogen-bond acceptors (Lipinski definition) is 4. The average Bonchev–Trinajstić information content (AvgIpc) is 2.53. The highest BCUT2D eigenvalue weighted by atomic mass is 16.5. The molecule has 2 fully saturated rings. The van der Waals surface area contributed by atoms with Crippen LogP contribution in [0.5, 0.6) is 5.75 Å². The molecule has 1 N–H and O–H groups in total. The number of hydrogen-bond donors (Lipinski definition) is 1. The van der Waals surface area contributed by atoms with E-state index in [9.17, 15) is 9.59 Å². The lowest BCUT2D eigenvalue weighted by molar-refractivity contribution is -0.133. The third-order valence-corrected chi connectivity index (χ3v) is 4.21. The van der Waals surface area contributed by atoms with Crippen molar-refractivity contribution in [3.05, 3.63) is 24.3 Å². The molecule has 0 aromatic heterocycles. The third kappa shape index (κ3) is 2.25. The van der Waals surface area contributed by atoms with Crippen LogP contribution in [-0.4, -0.2) is 38.8 Å². The van der Waals surface area contributed by atoms with Crippen molar-refractivity contribution >= 4 is 17.6 Å². The first-order chi connectivity index (χ1) is 10.2. The molecule has 2 heterocycles. The molecule has 6 nitrogen and oxygen atoms in total. The first-order valence-corrected chi connectivity index (χ1v) is 7.01. The van der Waals surface area contributed by atoms with E-state index in [1.165, 1.54) is 12.0 Å². The summed E-state index contributed by atoms with van der Waals surface area (Å²) in [6.45, 7) is 1.46. The van der Waals surface area contributed by atoms with Crippen molar-refractivity contribution in [2.45, 2.75) is 12.8 Å². The maximum absolute atomic E-state index is 12.9. The molecule has 0 aliphatic carbocycles. The normalized spacial score (nSPS) is 21.3. The Kier molecular flexibility index (Phi) is 3.55. The summed E-state index contributed by atoms with van der Waals surface area (Å²) < 4.78 is 10.6. The van der Waals surface area contributed by atoms with E-state index in [1.54, 1.807) is 24.3 Å². The Hall–Kier alpha value is -2.08. The fourth-order valence-electron chi connectivity index (χ4n) is 2.91. The van der Waals surface area contributed by atoms with Gasteiger partial charge in [0.05, 0.1) is 18.2 Å². The van der Waals surface area contributed by atoms with Gasteiger partial charge in [-0.05, 0) is 25.0 Å². The molecule has 1 spiro atoms. The summed E-state index contributed by atoms with van der Waals surface area (Å²) in [6, 6.07) is 6.64. The number of carbonyl (C=O) groups excluding carboxylic acids is 2. The number of nitrogens with one attached hydrogen (secondary N) is 1. The smallest absolute Gasteiger partial charge is 0.328 e. The number of anilines is 1. The summed E-state index contributed by atoms with van der Waals surface area (Å²) in [5.74, 6) is 0.337. The number of amides is 3. The maximum Gasteiger partial charge on any atom is 0.328 e. The van der Waals surface area contributed by atoms with Crippen molar-refractivity contribution in [2.75, 3.05) is 31.8 Å². The lowest BCUT2D eigenvalue weighted by Crippen LogP contribution is -2.62. The molecule has 3 amide bonds. The highest BCUT2D eigenvalue weighted by Crippen LogP contribution is 2.38. The van der Waals surface area contributed by atoms with Gasteiger partial charge < -0.3 is 14.8 Å². The zero-order valence-electron chi connectivity index (χ0n) is 11.9. The van der Waals surface area contributed by atoms with E-state index < -0.39 is 11.4 Å². The highest BCUT2D eigenvalue weighted by Gasteiger charge is 2.49. The number of urea groups is 1. The van der Waals surface area contributed by atoms with Crippen molar-refractivity contribution in [1.82, 2.24) is 5.32 Å². The van der Waals surface area contributed by atoms with Gasteiger partial charge in [0, 0.05) is 19.8 Å². The Morgan fingerprint density at radius 3 is 2.67 bits per heavy atom. The van der Waals surface area contributed by atoms with Gasteiger partial charge in [-0.15, -0.1) is 0 Å². The number of carbonyl (C=O) groups is 2. The molecule has 2 saturated heterocycles. The number of para-hydroxylation sites is 2. The SMILES string of the molecule is COc1ccccc1N1C(=O)NCC2(CCOCC2)C1=O. The van der Waals surface area contributed by atoms with Crippen molar-refractivity contribution in [1.29, 1.82) is 0 Å². The summed E-state index contributed by atoms with van der Waals surface area (Å²) in [5, 5.41) is 2.83. The molecule has 21 heavy (non-hydrogen) atoms. The first kappa shape index (κ1) is 13.9. The molecule has 1 aromatic carbocycles. The predicted molar refractivity (Wildman–Crippen MR) is 76.4 cm³/mol. The van der Waals surface area contributed by atoms with Crippen LogP contribution in [0.2, 0.25) is 0 Å². The van der Waals surface area contributed by atoms with Crippen LogP contribution in [-0.2, 0) is 9.53 Å². The first-order valence-electron chi connectivity index (χ1n) is 7.01. The average molecular weight is 290 g/mol. The fraction of sp³-hybridized carbons (Fsp3) is 0.467. The van der Waals surface area contributed by atoms with Crippen LogP contribution in [0, 0.1) is 5.41 Å². The van der Waals surface area contributed by atoms with Crippen LogP contribution < -0.4 is 15.0 Å². The Morgan fingerprint density at radius 1 is 1.24 bits per heavy atom. The van der Waals surface area contributed by atoms with Crippen molar-refractivity contribution in [2.24, 2.45) is 5.41 Å². The summed E-state index contributed by atoms with van der Waals surface area (Å²) in [4.78, 5) is 26.3. The lowest BCUT2D eigenvalue weighted by Gasteiger charge is -2.42. The number of rotatable bonds is 2. The molecule has 2 aliphatic rings. The molecule has 3 rings (SSSR count). The van der Waals surface area contributed by atoms with E-state index in [4.69, 9.17) is 9.47 Å². The van der Waals surface area contributed by atoms with Crippen LogP contribution >= 0.6 is 0 Å². The van der Waals surface area contributed by atoms with Gasteiger partial charge in [-0.2, -0.15) is 0 Å². The molecule has 2 aliphatic heterocycles. The van der Waals surface area contributed by atoms with Crippen molar-refractivity contribution in [3.8, 4) is 5.75 Å². The summed E-state index contributed by atoms with van der Waals surface area (Å²) in [5.41, 5.74) is -0.0828. The third-order valence-electron chi connectivity index (χ3n) is 4.21. The molecule has 0 unspecified atom stereocenters. The largest absolute Gasteiger partial charge is 0.495 e. The van der Waals surface area contributed by atoms with E-state index in [0.29, 0.717) is 44.0 Å². The van der Waals surface area contributed by atoms with Crippen LogP contribution in [0.4, 0.5) is 10.5 Å². The van der Waals surface area contributed by atoms with Gasteiger partial charge in [0.1, 0.15) is 5.75 Å². The molecule has 0 radical (unpaired) electrons. The van der Waals surface area contributed by atoms with E-state index in [2.05, 4.69) is 5.32 Å². The van der Waals surface area contributed by atoms with Gasteiger partial charge in [0.25, 0.3) is 0 Å². The van der Waals surface area contributed by atoms with E-state index in [1.807, 2.05) is 0 Å². The van der Waals surface area contributed by atoms with E-state index >= 15 is 0 Å². The monoisotopic (exact) mass is 290 g/mol. The van der Waals surface area contributed by atoms with Gasteiger partial charge in [0.15, 0.2) is 0 Å². The standard InChI is InChI=1S/C15H18N2O4/c1-20-12-5-3-2-4-11(12)17-13(18)15(10-16-14(17)19)6-8-21-9-7-15/h2-5H,6-10H2,1H3,(H,16,19). The summed E-state index contributed by atoms with van der Waals surface area (Å²) >= 11 is 0. The van der Waals surface area contributed by atoms with Crippen LogP contribution in [0.25, 0.3) is 0 Å². The Balaban J connectivity index is 1.99. The minimum absolute atomic E-state index is 0.168. The molecule has 0 saturated carbocycles. The molecule has 6 heteroatoms. The molecule has 112 valence electrons. The zero-order chi connectivity index (χ0) is 14.9. The van der Waals surface area contributed by atoms with Crippen LogP contribution in [0.1, 0.15) is 12.8 Å². The van der Waals surface area contributed by atoms with E-state index in [0.717, 1.165) is 0 Å². The molecule has 1 aromatic rings.